The smallest absolute Gasteiger partial charge is 0.227 e. The molecular weight excluding hydrogens is 419 g/mol. The second-order valence-corrected chi connectivity index (χ2v) is 7.71. The number of H-pyrrole nitrogens is 1. The summed E-state index contributed by atoms with van der Waals surface area (Å²) in [7, 11) is 0. The topological polar surface area (TPSA) is 97.2 Å². The van der Waals surface area contributed by atoms with E-state index in [0.717, 1.165) is 33.9 Å². The van der Waals surface area contributed by atoms with Gasteiger partial charge in [0.25, 0.3) is 0 Å². The van der Waals surface area contributed by atoms with Crippen LogP contribution >= 0.6 is 0 Å². The molecule has 164 valence electrons. The minimum Gasteiger partial charge on any atom is -0.324 e. The lowest BCUT2D eigenvalue weighted by atomic mass is 10.00. The molecule has 5 aromatic rings. The maximum atomic E-state index is 14.5. The zero-order valence-corrected chi connectivity index (χ0v) is 18.3. The molecule has 0 fully saturated rings. The van der Waals surface area contributed by atoms with Crippen LogP contribution in [-0.2, 0) is 0 Å². The van der Waals surface area contributed by atoms with Crippen LogP contribution in [0.5, 0.6) is 0 Å². The van der Waals surface area contributed by atoms with Gasteiger partial charge in [0.05, 0.1) is 17.1 Å². The van der Waals surface area contributed by atoms with Crippen molar-refractivity contribution in [2.45, 2.75) is 20.8 Å². The van der Waals surface area contributed by atoms with Crippen molar-refractivity contribution in [1.82, 2.24) is 34.9 Å². The third-order valence-electron chi connectivity index (χ3n) is 5.26. The molecule has 0 radical (unpaired) electrons. The third kappa shape index (κ3) is 4.20. The zero-order chi connectivity index (χ0) is 22.9. The fourth-order valence-corrected chi connectivity index (χ4v) is 3.73. The van der Waals surface area contributed by atoms with E-state index < -0.39 is 0 Å². The Bertz CT molecular complexity index is 1420. The standard InChI is InChI=1S/C24H21FN8/c1-14-23(15(2)31-30-14)18-10-17(11-19(25)12-18)22-8-9-26-24(29-22)28-20-4-6-21(7-5-20)33-13-27-16(3)32-33/h4-13H,1-3H3,(H,30,31)(H,26,28,29). The minimum atomic E-state index is -0.338. The predicted octanol–water partition coefficient (Wildman–Crippen LogP) is 4.92. The molecule has 9 heteroatoms. The van der Waals surface area contributed by atoms with Gasteiger partial charge in [-0.15, -0.1) is 0 Å². The first-order chi connectivity index (χ1) is 16.0. The minimum absolute atomic E-state index is 0.338. The highest BCUT2D eigenvalue weighted by Crippen LogP contribution is 2.30. The molecule has 33 heavy (non-hydrogen) atoms. The molecule has 0 unspecified atom stereocenters. The molecule has 0 spiro atoms. The Morgan fingerprint density at radius 1 is 0.939 bits per heavy atom. The van der Waals surface area contributed by atoms with Crippen molar-refractivity contribution in [1.29, 1.82) is 0 Å². The van der Waals surface area contributed by atoms with Gasteiger partial charge >= 0.3 is 0 Å². The van der Waals surface area contributed by atoms with Crippen LogP contribution in [0.4, 0.5) is 16.0 Å². The molecule has 0 aliphatic heterocycles. The summed E-state index contributed by atoms with van der Waals surface area (Å²) in [6, 6.07) is 14.3. The summed E-state index contributed by atoms with van der Waals surface area (Å²) in [4.78, 5) is 13.0. The van der Waals surface area contributed by atoms with Gasteiger partial charge in [-0.2, -0.15) is 10.2 Å². The molecule has 3 heterocycles. The lowest BCUT2D eigenvalue weighted by Gasteiger charge is -2.09. The first-order valence-corrected chi connectivity index (χ1v) is 10.4. The van der Waals surface area contributed by atoms with Crippen LogP contribution in [0.25, 0.3) is 28.1 Å². The Hall–Kier alpha value is -4.40. The maximum absolute atomic E-state index is 14.5. The highest BCUT2D eigenvalue weighted by molar-refractivity contribution is 5.74. The van der Waals surface area contributed by atoms with Gasteiger partial charge in [-0.3, -0.25) is 5.10 Å². The molecule has 0 bridgehead atoms. The number of anilines is 2. The van der Waals surface area contributed by atoms with Crippen LogP contribution in [0.15, 0.2) is 61.1 Å². The number of benzene rings is 2. The lowest BCUT2D eigenvalue weighted by molar-refractivity contribution is 0.628. The molecule has 0 atom stereocenters. The van der Waals surface area contributed by atoms with E-state index in [0.29, 0.717) is 23.0 Å². The van der Waals surface area contributed by atoms with E-state index in [1.54, 1.807) is 23.3 Å². The Balaban J connectivity index is 1.42. The number of nitrogens with one attached hydrogen (secondary N) is 2. The SMILES string of the molecule is Cc1ncn(-c2ccc(Nc3nccc(-c4cc(F)cc(-c5c(C)n[nH]c5C)c4)n3)cc2)n1. The molecule has 0 amide bonds. The zero-order valence-electron chi connectivity index (χ0n) is 18.3. The summed E-state index contributed by atoms with van der Waals surface area (Å²) in [6.07, 6.45) is 3.32. The Morgan fingerprint density at radius 3 is 2.42 bits per heavy atom. The van der Waals surface area contributed by atoms with E-state index in [1.165, 1.54) is 12.1 Å². The Labute approximate surface area is 189 Å². The van der Waals surface area contributed by atoms with E-state index >= 15 is 0 Å². The highest BCUT2D eigenvalue weighted by atomic mass is 19.1. The number of aromatic nitrogens is 7. The molecule has 0 aliphatic carbocycles. The first kappa shape index (κ1) is 20.5. The molecule has 0 saturated heterocycles. The van der Waals surface area contributed by atoms with Crippen LogP contribution in [0, 0.1) is 26.6 Å². The fraction of sp³-hybridized carbons (Fsp3) is 0.125. The fourth-order valence-electron chi connectivity index (χ4n) is 3.73. The Kier molecular flexibility index (Phi) is 5.14. The maximum Gasteiger partial charge on any atom is 0.227 e. The van der Waals surface area contributed by atoms with Crippen molar-refractivity contribution >= 4 is 11.6 Å². The number of nitrogens with zero attached hydrogens (tertiary/aromatic N) is 6. The first-order valence-electron chi connectivity index (χ1n) is 10.4. The summed E-state index contributed by atoms with van der Waals surface area (Å²) in [5, 5.41) is 14.7. The van der Waals surface area contributed by atoms with Gasteiger partial charge in [0.2, 0.25) is 5.95 Å². The van der Waals surface area contributed by atoms with E-state index in [4.69, 9.17) is 0 Å². The van der Waals surface area contributed by atoms with Crippen molar-refractivity contribution < 1.29 is 4.39 Å². The summed E-state index contributed by atoms with van der Waals surface area (Å²) >= 11 is 0. The second kappa shape index (κ2) is 8.27. The van der Waals surface area contributed by atoms with Crippen LogP contribution in [0.2, 0.25) is 0 Å². The summed E-state index contributed by atoms with van der Waals surface area (Å²) in [6.45, 7) is 5.66. The summed E-state index contributed by atoms with van der Waals surface area (Å²) < 4.78 is 16.2. The predicted molar refractivity (Wildman–Crippen MR) is 124 cm³/mol. The van der Waals surface area contributed by atoms with Gasteiger partial charge in [0.15, 0.2) is 0 Å². The van der Waals surface area contributed by atoms with Crippen molar-refractivity contribution in [2.24, 2.45) is 0 Å². The highest BCUT2D eigenvalue weighted by Gasteiger charge is 2.13. The molecular formula is C24H21FN8. The molecule has 3 aromatic heterocycles. The molecule has 0 aliphatic rings. The van der Waals surface area contributed by atoms with E-state index in [-0.39, 0.29) is 5.82 Å². The summed E-state index contributed by atoms with van der Waals surface area (Å²) in [5.74, 6) is 0.786. The van der Waals surface area contributed by atoms with Crippen molar-refractivity contribution in [3.05, 3.63) is 84.1 Å². The average molecular weight is 440 g/mol. The second-order valence-electron chi connectivity index (χ2n) is 7.71. The number of halogens is 1. The van der Waals surface area contributed by atoms with Crippen LogP contribution in [0.3, 0.4) is 0 Å². The molecule has 0 saturated carbocycles. The van der Waals surface area contributed by atoms with Crippen LogP contribution in [-0.4, -0.2) is 34.9 Å². The molecule has 2 N–H and O–H groups in total. The quantitative estimate of drug-likeness (QED) is 0.403. The molecule has 8 nitrogen and oxygen atoms in total. The van der Waals surface area contributed by atoms with E-state index in [1.807, 2.05) is 51.1 Å². The van der Waals surface area contributed by atoms with Gasteiger partial charge < -0.3 is 5.32 Å². The van der Waals surface area contributed by atoms with Gasteiger partial charge in [-0.1, -0.05) is 0 Å². The number of aryl methyl sites for hydroxylation is 3. The lowest BCUT2D eigenvalue weighted by Crippen LogP contribution is -1.99. The van der Waals surface area contributed by atoms with Crippen LogP contribution in [0.1, 0.15) is 17.2 Å². The molecule has 5 rings (SSSR count). The van der Waals surface area contributed by atoms with Gasteiger partial charge in [0.1, 0.15) is 18.0 Å². The Morgan fingerprint density at radius 2 is 1.73 bits per heavy atom. The van der Waals surface area contributed by atoms with Crippen LogP contribution < -0.4 is 5.32 Å². The number of rotatable bonds is 5. The number of aromatic amines is 1. The molecule has 2 aromatic carbocycles. The summed E-state index contributed by atoms with van der Waals surface area (Å²) in [5.41, 5.74) is 6.34. The van der Waals surface area contributed by atoms with E-state index in [9.17, 15) is 4.39 Å². The van der Waals surface area contributed by atoms with Crippen molar-refractivity contribution in [3.8, 4) is 28.1 Å². The number of hydrogen-bond donors (Lipinski definition) is 2. The van der Waals surface area contributed by atoms with Gasteiger partial charge in [-0.05, 0) is 74.9 Å². The normalized spacial score (nSPS) is 11.0. The average Bonchev–Trinajstić information content (AvgIpc) is 3.39. The van der Waals surface area contributed by atoms with Gasteiger partial charge in [-0.25, -0.2) is 24.0 Å². The third-order valence-corrected chi connectivity index (χ3v) is 5.26. The monoisotopic (exact) mass is 440 g/mol. The number of hydrogen-bond acceptors (Lipinski definition) is 6. The van der Waals surface area contributed by atoms with Crippen molar-refractivity contribution in [3.63, 3.8) is 0 Å². The largest absolute Gasteiger partial charge is 0.324 e. The van der Waals surface area contributed by atoms with E-state index in [2.05, 4.69) is 35.6 Å². The van der Waals surface area contributed by atoms with Gasteiger partial charge in [0, 0.05) is 28.7 Å². The van der Waals surface area contributed by atoms with Crippen molar-refractivity contribution in [2.75, 3.05) is 5.32 Å².